The molecule has 0 saturated carbocycles. The van der Waals surface area contributed by atoms with Crippen molar-refractivity contribution in [3.8, 4) is 0 Å². The summed E-state index contributed by atoms with van der Waals surface area (Å²) in [6.07, 6.45) is -0.505. The Hall–Kier alpha value is -0.890. The second-order valence-electron chi connectivity index (χ2n) is 4.15. The second kappa shape index (κ2) is 4.09. The first-order valence-corrected chi connectivity index (χ1v) is 4.88. The largest absolute Gasteiger partial charge is 0.388 e. The molecule has 1 unspecified atom stereocenters. The molecule has 0 amide bonds. The van der Waals surface area contributed by atoms with Gasteiger partial charge in [0.15, 0.2) is 0 Å². The number of rotatable bonds is 2. The van der Waals surface area contributed by atoms with Crippen molar-refractivity contribution in [3.05, 3.63) is 34.6 Å². The Morgan fingerprint density at radius 3 is 2.21 bits per heavy atom. The molecule has 14 heavy (non-hydrogen) atoms. The number of hydrogen-bond acceptors (Lipinski definition) is 1. The molecule has 0 radical (unpaired) electrons. The monoisotopic (exact) mass is 196 g/mol. The molecule has 1 rings (SSSR count). The number of hydrogen-bond donors (Lipinski definition) is 1. The van der Waals surface area contributed by atoms with Gasteiger partial charge in [-0.3, -0.25) is 0 Å². The Bertz CT molecular complexity index is 331. The van der Waals surface area contributed by atoms with Crippen LogP contribution in [0.2, 0.25) is 0 Å². The highest BCUT2D eigenvalue weighted by molar-refractivity contribution is 5.33. The minimum atomic E-state index is -0.505. The summed E-state index contributed by atoms with van der Waals surface area (Å²) in [5.41, 5.74) is 2.23. The van der Waals surface area contributed by atoms with Crippen LogP contribution in [0, 0.1) is 25.6 Å². The number of aliphatic hydroxyl groups is 1. The average molecular weight is 196 g/mol. The maximum absolute atomic E-state index is 13.1. The van der Waals surface area contributed by atoms with E-state index < -0.39 is 6.10 Å². The molecule has 0 heterocycles. The van der Waals surface area contributed by atoms with Gasteiger partial charge in [0.1, 0.15) is 5.82 Å². The second-order valence-corrected chi connectivity index (χ2v) is 4.15. The summed E-state index contributed by atoms with van der Waals surface area (Å²) in [6.45, 7) is 7.43. The smallest absolute Gasteiger partial charge is 0.126 e. The summed E-state index contributed by atoms with van der Waals surface area (Å²) >= 11 is 0. The first-order valence-electron chi connectivity index (χ1n) is 4.88. The average Bonchev–Trinajstić information content (AvgIpc) is 2.10. The maximum atomic E-state index is 13.1. The van der Waals surface area contributed by atoms with Gasteiger partial charge >= 0.3 is 0 Å². The molecule has 0 fully saturated rings. The molecule has 0 aliphatic carbocycles. The first kappa shape index (κ1) is 11.2. The molecule has 0 aliphatic heterocycles. The van der Waals surface area contributed by atoms with Gasteiger partial charge in [-0.25, -0.2) is 4.39 Å². The summed E-state index contributed by atoms with van der Waals surface area (Å²) in [7, 11) is 0. The number of aliphatic hydroxyl groups excluding tert-OH is 1. The highest BCUT2D eigenvalue weighted by Gasteiger charge is 2.15. The lowest BCUT2D eigenvalue weighted by Gasteiger charge is -2.18. The highest BCUT2D eigenvalue weighted by Crippen LogP contribution is 2.26. The Kier molecular flexibility index (Phi) is 3.27. The molecule has 2 heteroatoms. The number of aryl methyl sites for hydroxylation is 2. The maximum Gasteiger partial charge on any atom is 0.126 e. The molecule has 0 bridgehead atoms. The third-order valence-corrected chi connectivity index (χ3v) is 2.50. The molecule has 0 spiro atoms. The molecule has 78 valence electrons. The van der Waals surface area contributed by atoms with Gasteiger partial charge in [0.25, 0.3) is 0 Å². The lowest BCUT2D eigenvalue weighted by atomic mass is 9.94. The van der Waals surface area contributed by atoms with E-state index in [9.17, 15) is 9.50 Å². The predicted octanol–water partition coefficient (Wildman–Crippen LogP) is 3.13. The van der Waals surface area contributed by atoms with Gasteiger partial charge in [-0.2, -0.15) is 0 Å². The van der Waals surface area contributed by atoms with Crippen molar-refractivity contribution in [1.82, 2.24) is 0 Å². The lowest BCUT2D eigenvalue weighted by Crippen LogP contribution is -2.08. The van der Waals surface area contributed by atoms with E-state index in [-0.39, 0.29) is 11.7 Å². The van der Waals surface area contributed by atoms with Gasteiger partial charge in [0, 0.05) is 0 Å². The SMILES string of the molecule is Cc1cc(C(O)C(C)C)c(C)cc1F. The van der Waals surface area contributed by atoms with Crippen molar-refractivity contribution in [2.45, 2.75) is 33.8 Å². The van der Waals surface area contributed by atoms with Gasteiger partial charge in [0.2, 0.25) is 0 Å². The van der Waals surface area contributed by atoms with Crippen molar-refractivity contribution in [1.29, 1.82) is 0 Å². The normalized spacial score (nSPS) is 13.4. The Morgan fingerprint density at radius 1 is 1.14 bits per heavy atom. The fourth-order valence-electron chi connectivity index (χ4n) is 1.48. The van der Waals surface area contributed by atoms with Crippen LogP contribution in [0.15, 0.2) is 12.1 Å². The van der Waals surface area contributed by atoms with Crippen LogP contribution < -0.4 is 0 Å². The summed E-state index contributed by atoms with van der Waals surface area (Å²) in [5.74, 6) is -0.0548. The van der Waals surface area contributed by atoms with Crippen LogP contribution in [0.5, 0.6) is 0 Å². The predicted molar refractivity (Wildman–Crippen MR) is 55.7 cm³/mol. The molecular formula is C12H17FO. The number of halogens is 1. The van der Waals surface area contributed by atoms with Gasteiger partial charge in [-0.15, -0.1) is 0 Å². The molecule has 1 aromatic rings. The van der Waals surface area contributed by atoms with Gasteiger partial charge < -0.3 is 5.11 Å². The van der Waals surface area contributed by atoms with Gasteiger partial charge in [-0.05, 0) is 42.5 Å². The summed E-state index contributed by atoms with van der Waals surface area (Å²) in [4.78, 5) is 0. The van der Waals surface area contributed by atoms with E-state index in [0.717, 1.165) is 11.1 Å². The molecule has 0 aromatic heterocycles. The molecular weight excluding hydrogens is 179 g/mol. The topological polar surface area (TPSA) is 20.2 Å². The minimum absolute atomic E-state index is 0.151. The van der Waals surface area contributed by atoms with E-state index in [2.05, 4.69) is 0 Å². The van der Waals surface area contributed by atoms with E-state index in [1.807, 2.05) is 20.8 Å². The number of benzene rings is 1. The molecule has 1 nitrogen and oxygen atoms in total. The molecule has 0 aliphatic rings. The molecule has 1 N–H and O–H groups in total. The van der Waals surface area contributed by atoms with Crippen molar-refractivity contribution >= 4 is 0 Å². The molecule has 1 atom stereocenters. The van der Waals surface area contributed by atoms with E-state index >= 15 is 0 Å². The van der Waals surface area contributed by atoms with Crippen molar-refractivity contribution < 1.29 is 9.50 Å². The zero-order valence-electron chi connectivity index (χ0n) is 9.13. The van der Waals surface area contributed by atoms with Crippen LogP contribution in [-0.2, 0) is 0 Å². The van der Waals surface area contributed by atoms with Crippen molar-refractivity contribution in [2.24, 2.45) is 5.92 Å². The van der Waals surface area contributed by atoms with E-state index in [1.54, 1.807) is 13.0 Å². The fourth-order valence-corrected chi connectivity index (χ4v) is 1.48. The van der Waals surface area contributed by atoms with Gasteiger partial charge in [0.05, 0.1) is 6.10 Å². The standard InChI is InChI=1S/C12H17FO/c1-7(2)12(14)10-5-9(4)11(13)6-8(10)3/h5-7,12,14H,1-4H3. The van der Waals surface area contributed by atoms with Crippen molar-refractivity contribution in [3.63, 3.8) is 0 Å². The molecule has 1 aromatic carbocycles. The van der Waals surface area contributed by atoms with E-state index in [0.29, 0.717) is 5.56 Å². The van der Waals surface area contributed by atoms with E-state index in [1.165, 1.54) is 6.07 Å². The van der Waals surface area contributed by atoms with Crippen LogP contribution in [0.3, 0.4) is 0 Å². The zero-order chi connectivity index (χ0) is 10.9. The van der Waals surface area contributed by atoms with Crippen LogP contribution in [0.4, 0.5) is 4.39 Å². The summed E-state index contributed by atoms with van der Waals surface area (Å²) in [6, 6.07) is 3.21. The third kappa shape index (κ3) is 2.13. The summed E-state index contributed by atoms with van der Waals surface area (Å²) < 4.78 is 13.1. The first-order chi connectivity index (χ1) is 6.43. The third-order valence-electron chi connectivity index (χ3n) is 2.50. The van der Waals surface area contributed by atoms with E-state index in [4.69, 9.17) is 0 Å². The van der Waals surface area contributed by atoms with Crippen LogP contribution >= 0.6 is 0 Å². The lowest BCUT2D eigenvalue weighted by molar-refractivity contribution is 0.126. The van der Waals surface area contributed by atoms with Crippen LogP contribution in [0.1, 0.15) is 36.6 Å². The van der Waals surface area contributed by atoms with Crippen LogP contribution in [-0.4, -0.2) is 5.11 Å². The van der Waals surface area contributed by atoms with Gasteiger partial charge in [-0.1, -0.05) is 19.9 Å². The Balaban J connectivity index is 3.15. The minimum Gasteiger partial charge on any atom is -0.388 e. The Labute approximate surface area is 84.6 Å². The molecule has 0 saturated heterocycles. The highest BCUT2D eigenvalue weighted by atomic mass is 19.1. The fraction of sp³-hybridized carbons (Fsp3) is 0.500. The van der Waals surface area contributed by atoms with Crippen LogP contribution in [0.25, 0.3) is 0 Å². The summed E-state index contributed by atoms with van der Waals surface area (Å²) in [5, 5.41) is 9.87. The zero-order valence-corrected chi connectivity index (χ0v) is 9.13. The van der Waals surface area contributed by atoms with Crippen molar-refractivity contribution in [2.75, 3.05) is 0 Å². The quantitative estimate of drug-likeness (QED) is 0.770. The Morgan fingerprint density at radius 2 is 1.71 bits per heavy atom.